The highest BCUT2D eigenvalue weighted by Gasteiger charge is 2.37. The zero-order chi connectivity index (χ0) is 19.9. The molecule has 0 aromatic heterocycles. The van der Waals surface area contributed by atoms with Crippen molar-refractivity contribution in [3.8, 4) is 16.9 Å². The van der Waals surface area contributed by atoms with E-state index in [1.165, 1.54) is 19.2 Å². The molecule has 24 heavy (non-hydrogen) atoms. The third-order valence-electron chi connectivity index (χ3n) is 5.08. The Morgan fingerprint density at radius 1 is 1.33 bits per heavy atom. The van der Waals surface area contributed by atoms with Crippen molar-refractivity contribution in [2.75, 3.05) is 7.11 Å². The highest BCUT2D eigenvalue weighted by atomic mass is 35.5. The Morgan fingerprint density at radius 2 is 2.12 bits per heavy atom. The average Bonchev–Trinajstić information content (AvgIpc) is 2.98. The third-order valence-corrected chi connectivity index (χ3v) is 5.34. The smallest absolute Gasteiger partial charge is 0.131 e. The molecule has 1 fully saturated rings. The van der Waals surface area contributed by atoms with E-state index in [-0.39, 0.29) is 40.9 Å². The predicted molar refractivity (Wildman–Crippen MR) is 98.3 cm³/mol. The molecule has 0 radical (unpaired) electrons. The van der Waals surface area contributed by atoms with Crippen LogP contribution in [0, 0.1) is 11.2 Å². The predicted octanol–water partition coefficient (Wildman–Crippen LogP) is 6.53. The SMILES string of the molecule is [3H]c1c([3H])c(-c2cc(OC)ccc2F)c([C@@H]2CCCC2(C)C)c([3H])c1CCl. The molecule has 1 aliphatic rings. The van der Waals surface area contributed by atoms with E-state index in [1.807, 2.05) is 0 Å². The van der Waals surface area contributed by atoms with Gasteiger partial charge < -0.3 is 4.74 Å². The van der Waals surface area contributed by atoms with Crippen molar-refractivity contribution in [2.45, 2.75) is 44.9 Å². The van der Waals surface area contributed by atoms with Crippen LogP contribution in [0.2, 0.25) is 0 Å². The molecule has 1 atom stereocenters. The van der Waals surface area contributed by atoms with E-state index in [1.54, 1.807) is 6.07 Å². The minimum Gasteiger partial charge on any atom is -0.497 e. The van der Waals surface area contributed by atoms with E-state index in [2.05, 4.69) is 13.8 Å². The Bertz CT molecular complexity index is 882. The van der Waals surface area contributed by atoms with Gasteiger partial charge in [0.1, 0.15) is 11.6 Å². The topological polar surface area (TPSA) is 9.23 Å². The first-order valence-electron chi connectivity index (χ1n) is 9.75. The normalized spacial score (nSPS) is 21.2. The van der Waals surface area contributed by atoms with Crippen LogP contribution in [0.4, 0.5) is 4.39 Å². The number of alkyl halides is 1. The van der Waals surface area contributed by atoms with Crippen LogP contribution in [0.15, 0.2) is 36.3 Å². The van der Waals surface area contributed by atoms with Crippen LogP contribution in [0.5, 0.6) is 5.75 Å². The Balaban J connectivity index is 2.40. The number of hydrogen-bond acceptors (Lipinski definition) is 1. The van der Waals surface area contributed by atoms with Crippen molar-refractivity contribution in [1.82, 2.24) is 0 Å². The molecular formula is C21H24ClFO. The molecular weight excluding hydrogens is 323 g/mol. The summed E-state index contributed by atoms with van der Waals surface area (Å²) in [6, 6.07) is 4.37. The second-order valence-electron chi connectivity index (χ2n) is 7.06. The molecule has 128 valence electrons. The van der Waals surface area contributed by atoms with Crippen molar-refractivity contribution in [3.63, 3.8) is 0 Å². The lowest BCUT2D eigenvalue weighted by Crippen LogP contribution is -2.16. The highest BCUT2D eigenvalue weighted by molar-refractivity contribution is 6.17. The van der Waals surface area contributed by atoms with E-state index >= 15 is 0 Å². The number of methoxy groups -OCH3 is 1. The first-order valence-corrected chi connectivity index (χ1v) is 8.78. The van der Waals surface area contributed by atoms with Crippen molar-refractivity contribution >= 4 is 11.6 Å². The van der Waals surface area contributed by atoms with Gasteiger partial charge in [-0.3, -0.25) is 0 Å². The lowest BCUT2D eigenvalue weighted by atomic mass is 9.75. The molecule has 3 heteroatoms. The molecule has 0 unspecified atom stereocenters. The van der Waals surface area contributed by atoms with Gasteiger partial charge >= 0.3 is 0 Å². The summed E-state index contributed by atoms with van der Waals surface area (Å²) in [7, 11) is 1.50. The number of ether oxygens (including phenoxy) is 1. The van der Waals surface area contributed by atoms with Crippen LogP contribution >= 0.6 is 11.6 Å². The lowest BCUT2D eigenvalue weighted by molar-refractivity contribution is 0.332. The molecule has 1 nitrogen and oxygen atoms in total. The molecule has 0 N–H and O–H groups in total. The van der Waals surface area contributed by atoms with Crippen molar-refractivity contribution in [2.24, 2.45) is 5.41 Å². The molecule has 0 heterocycles. The molecule has 0 saturated heterocycles. The number of hydrogen-bond donors (Lipinski definition) is 0. The molecule has 2 aromatic carbocycles. The van der Waals surface area contributed by atoms with E-state index in [9.17, 15) is 4.39 Å². The van der Waals surface area contributed by atoms with Crippen molar-refractivity contribution in [3.05, 3.63) is 53.3 Å². The van der Waals surface area contributed by atoms with Crippen molar-refractivity contribution in [1.29, 1.82) is 0 Å². The van der Waals surface area contributed by atoms with Gasteiger partial charge in [0.05, 0.1) is 11.2 Å². The Labute approximate surface area is 153 Å². The average molecular weight is 353 g/mol. The van der Waals surface area contributed by atoms with Crippen LogP contribution in [0.1, 0.15) is 54.3 Å². The number of halogens is 2. The fraction of sp³-hybridized carbons (Fsp3) is 0.429. The maximum absolute atomic E-state index is 14.8. The van der Waals surface area contributed by atoms with Crippen molar-refractivity contribution < 1.29 is 13.2 Å². The number of rotatable bonds is 4. The molecule has 1 aliphatic carbocycles. The Morgan fingerprint density at radius 3 is 2.75 bits per heavy atom. The summed E-state index contributed by atoms with van der Waals surface area (Å²) < 4.78 is 45.7. The van der Waals surface area contributed by atoms with E-state index in [4.69, 9.17) is 20.5 Å². The van der Waals surface area contributed by atoms with Gasteiger partial charge in [0, 0.05) is 11.4 Å². The Kier molecular flexibility index (Phi) is 3.86. The van der Waals surface area contributed by atoms with Crippen LogP contribution in [-0.2, 0) is 5.88 Å². The van der Waals surface area contributed by atoms with E-state index < -0.39 is 5.82 Å². The molecule has 0 aliphatic heterocycles. The van der Waals surface area contributed by atoms with Gasteiger partial charge in [-0.05, 0) is 59.1 Å². The zero-order valence-electron chi connectivity index (χ0n) is 17.3. The second-order valence-corrected chi connectivity index (χ2v) is 7.32. The van der Waals surface area contributed by atoms with E-state index in [0.29, 0.717) is 22.4 Å². The first-order chi connectivity index (χ1) is 12.7. The van der Waals surface area contributed by atoms with Gasteiger partial charge in [0.2, 0.25) is 0 Å². The zero-order valence-corrected chi connectivity index (χ0v) is 15.1. The summed E-state index contributed by atoms with van der Waals surface area (Å²) in [5.41, 5.74) is 1.45. The summed E-state index contributed by atoms with van der Waals surface area (Å²) in [5.74, 6) is -0.0112. The maximum atomic E-state index is 14.8. The van der Waals surface area contributed by atoms with Gasteiger partial charge in [-0.1, -0.05) is 38.4 Å². The third kappa shape index (κ3) is 3.17. The quantitative estimate of drug-likeness (QED) is 0.568. The van der Waals surface area contributed by atoms with Gasteiger partial charge in [-0.2, -0.15) is 0 Å². The molecule has 2 aromatic rings. The first kappa shape index (κ1) is 13.7. The van der Waals surface area contributed by atoms with Crippen LogP contribution < -0.4 is 4.74 Å². The lowest BCUT2D eigenvalue weighted by Gasteiger charge is -2.30. The second kappa shape index (κ2) is 6.76. The summed E-state index contributed by atoms with van der Waals surface area (Å²) in [6.45, 7) is 4.29. The molecule has 0 bridgehead atoms. The van der Waals surface area contributed by atoms with Crippen LogP contribution in [0.25, 0.3) is 11.1 Å². The molecule has 3 rings (SSSR count). The molecule has 1 saturated carbocycles. The van der Waals surface area contributed by atoms with Gasteiger partial charge in [-0.25, -0.2) is 4.39 Å². The monoisotopic (exact) mass is 352 g/mol. The minimum absolute atomic E-state index is 0.00936. The minimum atomic E-state index is -0.487. The van der Waals surface area contributed by atoms with Gasteiger partial charge in [0.25, 0.3) is 0 Å². The maximum Gasteiger partial charge on any atom is 0.131 e. The summed E-state index contributed by atoms with van der Waals surface area (Å²) in [6.07, 6.45) is 2.89. The van der Waals surface area contributed by atoms with E-state index in [0.717, 1.165) is 19.3 Å². The van der Waals surface area contributed by atoms with Crippen LogP contribution in [-0.4, -0.2) is 7.11 Å². The standard InChI is InChI=1S/C21H24ClFO/c1-21(2)10-4-5-19(21)17-11-14(13-22)6-8-16(17)18-12-15(24-3)7-9-20(18)23/h6-9,11-12,19H,4-5,10,13H2,1-3H3/t19-/m0/s1/i6T,8T,11T. The highest BCUT2D eigenvalue weighted by Crippen LogP contribution is 2.51. The summed E-state index contributed by atoms with van der Waals surface area (Å²) in [5, 5.41) is 0. The molecule has 0 spiro atoms. The Hall–Kier alpha value is -1.54. The fourth-order valence-electron chi connectivity index (χ4n) is 3.69. The summed E-state index contributed by atoms with van der Waals surface area (Å²) >= 11 is 6.02. The van der Waals surface area contributed by atoms with Gasteiger partial charge in [-0.15, -0.1) is 11.6 Å². The number of benzene rings is 2. The molecule has 0 amide bonds. The fourth-order valence-corrected chi connectivity index (χ4v) is 3.82. The van der Waals surface area contributed by atoms with Gasteiger partial charge in [0.15, 0.2) is 0 Å². The summed E-state index contributed by atoms with van der Waals surface area (Å²) in [4.78, 5) is 0. The largest absolute Gasteiger partial charge is 0.497 e. The van der Waals surface area contributed by atoms with Crippen LogP contribution in [0.3, 0.4) is 0 Å².